The topological polar surface area (TPSA) is 41.1 Å². The first-order chi connectivity index (χ1) is 8.86. The lowest BCUT2D eigenvalue weighted by Crippen LogP contribution is -2.41. The molecule has 0 atom stereocenters. The second-order valence-corrected chi connectivity index (χ2v) is 6.14. The van der Waals surface area contributed by atoms with E-state index in [-0.39, 0.29) is 5.54 Å². The first-order valence-electron chi connectivity index (χ1n) is 7.12. The molecule has 4 heteroatoms. The third-order valence-corrected chi connectivity index (χ3v) is 3.65. The molecule has 0 saturated heterocycles. The smallest absolute Gasteiger partial charge is 0.225 e. The minimum absolute atomic E-state index is 0.0808. The molecule has 1 N–H and O–H groups in total. The molecule has 1 aromatic rings. The Morgan fingerprint density at radius 1 is 1.26 bits per heavy atom. The van der Waals surface area contributed by atoms with Crippen LogP contribution in [0.25, 0.3) is 0 Å². The van der Waals surface area contributed by atoms with Gasteiger partial charge in [-0.15, -0.1) is 0 Å². The minimum atomic E-state index is 0.0808. The zero-order valence-electron chi connectivity index (χ0n) is 13.2. The van der Waals surface area contributed by atoms with Crippen LogP contribution in [0.3, 0.4) is 0 Å². The first kappa shape index (κ1) is 15.9. The zero-order chi connectivity index (χ0) is 14.5. The molecule has 0 spiro atoms. The predicted octanol–water partition coefficient (Wildman–Crippen LogP) is 2.85. The van der Waals surface area contributed by atoms with Crippen molar-refractivity contribution < 1.29 is 0 Å². The van der Waals surface area contributed by atoms with Crippen molar-refractivity contribution in [3.8, 4) is 0 Å². The Kier molecular flexibility index (Phi) is 5.73. The number of nitrogens with zero attached hydrogens (tertiary/aromatic N) is 3. The van der Waals surface area contributed by atoms with Gasteiger partial charge in [0.2, 0.25) is 5.95 Å². The van der Waals surface area contributed by atoms with Crippen molar-refractivity contribution in [2.24, 2.45) is 5.92 Å². The molecule has 0 bridgehead atoms. The van der Waals surface area contributed by atoms with Crippen molar-refractivity contribution >= 4 is 5.95 Å². The quantitative estimate of drug-likeness (QED) is 0.822. The van der Waals surface area contributed by atoms with Gasteiger partial charge in [-0.05, 0) is 32.7 Å². The fourth-order valence-electron chi connectivity index (χ4n) is 1.63. The van der Waals surface area contributed by atoms with Crippen LogP contribution < -0.4 is 10.2 Å². The summed E-state index contributed by atoms with van der Waals surface area (Å²) in [6.07, 6.45) is 4.89. The Hall–Kier alpha value is -1.16. The van der Waals surface area contributed by atoms with E-state index in [9.17, 15) is 0 Å². The van der Waals surface area contributed by atoms with Gasteiger partial charge in [-0.2, -0.15) is 0 Å². The molecule has 19 heavy (non-hydrogen) atoms. The fraction of sp³-hybridized carbons (Fsp3) is 0.733. The average Bonchev–Trinajstić information content (AvgIpc) is 2.38. The minimum Gasteiger partial charge on any atom is -0.339 e. The molecule has 0 fully saturated rings. The lowest BCUT2D eigenvalue weighted by Gasteiger charge is -2.34. The van der Waals surface area contributed by atoms with Crippen LogP contribution in [0.15, 0.2) is 12.4 Å². The lowest BCUT2D eigenvalue weighted by atomic mass is 10.0. The Balaban J connectivity index is 2.61. The highest BCUT2D eigenvalue weighted by atomic mass is 15.3. The standard InChI is InChI=1S/C15H28N4/c1-7-15(4,5)19(6)14-17-10-13(11-18-14)9-16-8-12(2)3/h10-12,16H,7-9H2,1-6H3. The summed E-state index contributed by atoms with van der Waals surface area (Å²) in [5, 5.41) is 3.40. The Labute approximate surface area is 117 Å². The summed E-state index contributed by atoms with van der Waals surface area (Å²) in [6, 6.07) is 0. The molecule has 1 heterocycles. The van der Waals surface area contributed by atoms with Gasteiger partial charge < -0.3 is 10.2 Å². The molecule has 0 aliphatic rings. The molecule has 4 nitrogen and oxygen atoms in total. The van der Waals surface area contributed by atoms with Crippen LogP contribution in [0.2, 0.25) is 0 Å². The summed E-state index contributed by atoms with van der Waals surface area (Å²) in [6.45, 7) is 12.8. The van der Waals surface area contributed by atoms with E-state index in [0.717, 1.165) is 31.0 Å². The van der Waals surface area contributed by atoms with Crippen LogP contribution in [0.5, 0.6) is 0 Å². The Morgan fingerprint density at radius 3 is 2.32 bits per heavy atom. The van der Waals surface area contributed by atoms with Gasteiger partial charge in [0, 0.05) is 37.1 Å². The molecular weight excluding hydrogens is 236 g/mol. The number of rotatable bonds is 7. The summed E-state index contributed by atoms with van der Waals surface area (Å²) in [4.78, 5) is 11.1. The normalized spacial score (nSPS) is 11.9. The lowest BCUT2D eigenvalue weighted by molar-refractivity contribution is 0.463. The maximum atomic E-state index is 4.47. The molecule has 0 unspecified atom stereocenters. The highest BCUT2D eigenvalue weighted by Gasteiger charge is 2.23. The largest absolute Gasteiger partial charge is 0.339 e. The second kappa shape index (κ2) is 6.85. The van der Waals surface area contributed by atoms with E-state index in [0.29, 0.717) is 5.92 Å². The van der Waals surface area contributed by atoms with E-state index in [1.807, 2.05) is 12.4 Å². The van der Waals surface area contributed by atoms with E-state index in [4.69, 9.17) is 0 Å². The van der Waals surface area contributed by atoms with Crippen molar-refractivity contribution in [2.45, 2.75) is 53.1 Å². The molecule has 1 rings (SSSR count). The zero-order valence-corrected chi connectivity index (χ0v) is 13.2. The fourth-order valence-corrected chi connectivity index (χ4v) is 1.63. The van der Waals surface area contributed by atoms with Crippen LogP contribution in [-0.2, 0) is 6.54 Å². The van der Waals surface area contributed by atoms with E-state index in [1.54, 1.807) is 0 Å². The molecule has 108 valence electrons. The highest BCUT2D eigenvalue weighted by Crippen LogP contribution is 2.20. The van der Waals surface area contributed by atoms with Gasteiger partial charge >= 0.3 is 0 Å². The molecule has 1 aromatic heterocycles. The first-order valence-corrected chi connectivity index (χ1v) is 7.12. The van der Waals surface area contributed by atoms with Crippen molar-refractivity contribution in [3.05, 3.63) is 18.0 Å². The molecule has 0 aliphatic heterocycles. The number of hydrogen-bond acceptors (Lipinski definition) is 4. The van der Waals surface area contributed by atoms with Crippen molar-refractivity contribution in [1.82, 2.24) is 15.3 Å². The van der Waals surface area contributed by atoms with Crippen molar-refractivity contribution in [3.63, 3.8) is 0 Å². The van der Waals surface area contributed by atoms with Crippen LogP contribution >= 0.6 is 0 Å². The molecule has 0 aromatic carbocycles. The van der Waals surface area contributed by atoms with Crippen LogP contribution in [0, 0.1) is 5.92 Å². The van der Waals surface area contributed by atoms with Gasteiger partial charge in [-0.3, -0.25) is 0 Å². The Morgan fingerprint density at radius 2 is 1.84 bits per heavy atom. The van der Waals surface area contributed by atoms with Crippen molar-refractivity contribution in [2.75, 3.05) is 18.5 Å². The van der Waals surface area contributed by atoms with Crippen molar-refractivity contribution in [1.29, 1.82) is 0 Å². The van der Waals surface area contributed by atoms with E-state index in [2.05, 4.69) is 61.9 Å². The molecule has 0 aliphatic carbocycles. The summed E-state index contributed by atoms with van der Waals surface area (Å²) in [5.74, 6) is 1.45. The third kappa shape index (κ3) is 4.78. The van der Waals surface area contributed by atoms with Gasteiger partial charge in [0.05, 0.1) is 0 Å². The molecule has 0 saturated carbocycles. The summed E-state index contributed by atoms with van der Waals surface area (Å²) in [7, 11) is 2.05. The number of anilines is 1. The monoisotopic (exact) mass is 264 g/mol. The van der Waals surface area contributed by atoms with E-state index < -0.39 is 0 Å². The number of nitrogens with one attached hydrogen (secondary N) is 1. The van der Waals surface area contributed by atoms with Crippen LogP contribution in [-0.4, -0.2) is 29.1 Å². The number of aromatic nitrogens is 2. The predicted molar refractivity (Wildman–Crippen MR) is 81.3 cm³/mol. The van der Waals surface area contributed by atoms with Gasteiger partial charge in [-0.1, -0.05) is 20.8 Å². The average molecular weight is 264 g/mol. The van der Waals surface area contributed by atoms with Gasteiger partial charge in [0.15, 0.2) is 0 Å². The maximum Gasteiger partial charge on any atom is 0.225 e. The molecule has 0 radical (unpaired) electrons. The summed E-state index contributed by atoms with van der Waals surface area (Å²) >= 11 is 0. The highest BCUT2D eigenvalue weighted by molar-refractivity contribution is 5.32. The van der Waals surface area contributed by atoms with Crippen LogP contribution in [0.1, 0.15) is 46.6 Å². The summed E-state index contributed by atoms with van der Waals surface area (Å²) in [5.41, 5.74) is 1.21. The summed E-state index contributed by atoms with van der Waals surface area (Å²) < 4.78 is 0. The SMILES string of the molecule is CCC(C)(C)N(C)c1ncc(CNCC(C)C)cn1. The van der Waals surface area contributed by atoms with Gasteiger partial charge in [0.25, 0.3) is 0 Å². The third-order valence-electron chi connectivity index (χ3n) is 3.65. The van der Waals surface area contributed by atoms with Gasteiger partial charge in [0.1, 0.15) is 0 Å². The van der Waals surface area contributed by atoms with Gasteiger partial charge in [-0.25, -0.2) is 9.97 Å². The van der Waals surface area contributed by atoms with E-state index >= 15 is 0 Å². The molecule has 0 amide bonds. The number of hydrogen-bond donors (Lipinski definition) is 1. The molecular formula is C15H28N4. The van der Waals surface area contributed by atoms with Crippen LogP contribution in [0.4, 0.5) is 5.95 Å². The Bertz CT molecular complexity index is 370. The van der Waals surface area contributed by atoms with E-state index in [1.165, 1.54) is 0 Å². The maximum absolute atomic E-state index is 4.47. The second-order valence-electron chi connectivity index (χ2n) is 6.14.